The van der Waals surface area contributed by atoms with Gasteiger partial charge < -0.3 is 25.6 Å². The average Bonchev–Trinajstić information content (AvgIpc) is 2.84. The number of aliphatic hydroxyl groups is 1. The van der Waals surface area contributed by atoms with Gasteiger partial charge in [-0.3, -0.25) is 4.79 Å². The van der Waals surface area contributed by atoms with Crippen molar-refractivity contribution in [3.05, 3.63) is 23.1 Å². The van der Waals surface area contributed by atoms with Crippen LogP contribution in [0.2, 0.25) is 0 Å². The first kappa shape index (κ1) is 15.6. The van der Waals surface area contributed by atoms with Crippen molar-refractivity contribution in [1.82, 2.24) is 5.32 Å². The molecule has 1 unspecified atom stereocenters. The van der Waals surface area contributed by atoms with Crippen LogP contribution in [-0.2, 0) is 4.74 Å². The maximum Gasteiger partial charge on any atom is 0.263 e. The number of hydrogen-bond donors (Lipinski definition) is 3. The third kappa shape index (κ3) is 3.10. The first-order valence-electron chi connectivity index (χ1n) is 6.38. The lowest BCUT2D eigenvalue weighted by Gasteiger charge is -2.14. The van der Waals surface area contributed by atoms with Crippen molar-refractivity contribution in [3.8, 4) is 5.75 Å². The molecule has 0 bridgehead atoms. The zero-order valence-electron chi connectivity index (χ0n) is 11.9. The topological polar surface area (TPSA) is 93.8 Å². The van der Waals surface area contributed by atoms with E-state index in [4.69, 9.17) is 15.2 Å². The monoisotopic (exact) mass is 310 g/mol. The number of carbonyl (C=O) groups is 1. The summed E-state index contributed by atoms with van der Waals surface area (Å²) in [5.41, 5.74) is 6.47. The lowest BCUT2D eigenvalue weighted by atomic mass is 10.2. The Bertz CT molecular complexity index is 641. The summed E-state index contributed by atoms with van der Waals surface area (Å²) in [5, 5.41) is 12.6. The third-order valence-electron chi connectivity index (χ3n) is 3.06. The molecule has 0 aliphatic rings. The van der Waals surface area contributed by atoms with Crippen LogP contribution in [0.1, 0.15) is 9.67 Å². The number of nitrogens with two attached hydrogens (primary N) is 1. The Balaban J connectivity index is 2.34. The number of methoxy groups -OCH3 is 2. The number of aliphatic hydroxyl groups excluding tert-OH is 1. The van der Waals surface area contributed by atoms with E-state index in [9.17, 15) is 9.90 Å². The molecule has 1 aromatic heterocycles. The largest absolute Gasteiger partial charge is 0.496 e. The fourth-order valence-corrected chi connectivity index (χ4v) is 3.11. The first-order chi connectivity index (χ1) is 10.1. The molecule has 0 radical (unpaired) electrons. The van der Waals surface area contributed by atoms with E-state index in [0.717, 1.165) is 10.1 Å². The Hall–Kier alpha value is -1.83. The highest BCUT2D eigenvalue weighted by Crippen LogP contribution is 2.39. The van der Waals surface area contributed by atoms with Crippen LogP contribution < -0.4 is 15.8 Å². The molecule has 1 heterocycles. The predicted octanol–water partition coefficient (Wildman–Crippen LogP) is 1.23. The number of thiophene rings is 1. The van der Waals surface area contributed by atoms with Gasteiger partial charge in [-0.05, 0) is 12.1 Å². The lowest BCUT2D eigenvalue weighted by Crippen LogP contribution is -2.40. The molecule has 0 spiro atoms. The number of carbonyl (C=O) groups excluding carboxylic acids is 1. The number of nitrogen functional groups attached to an aromatic ring is 1. The summed E-state index contributed by atoms with van der Waals surface area (Å²) in [4.78, 5) is 12.7. The van der Waals surface area contributed by atoms with Gasteiger partial charge in [0.15, 0.2) is 0 Å². The molecule has 2 rings (SSSR count). The van der Waals surface area contributed by atoms with Crippen LogP contribution in [0.4, 0.5) is 5.69 Å². The molecule has 0 saturated carbocycles. The Labute approximate surface area is 126 Å². The van der Waals surface area contributed by atoms with Gasteiger partial charge in [0, 0.05) is 11.8 Å². The van der Waals surface area contributed by atoms with Gasteiger partial charge >= 0.3 is 0 Å². The molecule has 0 saturated heterocycles. The molecule has 1 atom stereocenters. The second kappa shape index (κ2) is 6.75. The van der Waals surface area contributed by atoms with Crippen molar-refractivity contribution < 1.29 is 19.4 Å². The van der Waals surface area contributed by atoms with Crippen LogP contribution in [0.5, 0.6) is 5.75 Å². The molecule has 0 fully saturated rings. The maximum absolute atomic E-state index is 12.3. The summed E-state index contributed by atoms with van der Waals surface area (Å²) in [6, 6.07) is 5.07. The number of fused-ring (bicyclic) bond motifs is 1. The number of amides is 1. The van der Waals surface area contributed by atoms with Crippen LogP contribution in [0.25, 0.3) is 10.1 Å². The molecule has 6 nitrogen and oxygen atoms in total. The highest BCUT2D eigenvalue weighted by atomic mass is 32.1. The number of ether oxygens (including phenoxy) is 2. The molecule has 2 aromatic rings. The summed E-state index contributed by atoms with van der Waals surface area (Å²) in [5.74, 6) is 0.308. The molecule has 21 heavy (non-hydrogen) atoms. The van der Waals surface area contributed by atoms with Gasteiger partial charge in [-0.2, -0.15) is 0 Å². The van der Waals surface area contributed by atoms with E-state index in [1.54, 1.807) is 13.2 Å². The molecule has 114 valence electrons. The molecule has 1 amide bonds. The molecule has 1 aromatic carbocycles. The SMILES string of the molecule is COCC(CO)NC(=O)c1sc2cccc(OC)c2c1N. The summed E-state index contributed by atoms with van der Waals surface area (Å²) in [7, 11) is 3.07. The Morgan fingerprint density at radius 3 is 2.86 bits per heavy atom. The number of hydrogen-bond acceptors (Lipinski definition) is 6. The summed E-state index contributed by atoms with van der Waals surface area (Å²) in [6.45, 7) is 0.0318. The molecule has 0 aliphatic carbocycles. The zero-order chi connectivity index (χ0) is 15.4. The van der Waals surface area contributed by atoms with E-state index in [0.29, 0.717) is 16.3 Å². The van der Waals surface area contributed by atoms with E-state index in [1.807, 2.05) is 12.1 Å². The fourth-order valence-electron chi connectivity index (χ4n) is 2.07. The predicted molar refractivity (Wildman–Crippen MR) is 83.0 cm³/mol. The standard InChI is InChI=1S/C14H18N2O4S/c1-19-7-8(6-17)16-14(18)13-12(15)11-9(20-2)4-3-5-10(11)21-13/h3-5,8,17H,6-7,15H2,1-2H3,(H,16,18). The number of nitrogens with one attached hydrogen (secondary N) is 1. The van der Waals surface area contributed by atoms with E-state index in [1.165, 1.54) is 18.4 Å². The van der Waals surface area contributed by atoms with E-state index < -0.39 is 6.04 Å². The highest BCUT2D eigenvalue weighted by Gasteiger charge is 2.21. The van der Waals surface area contributed by atoms with Gasteiger partial charge in [0.2, 0.25) is 0 Å². The molecule has 7 heteroatoms. The van der Waals surface area contributed by atoms with Crippen LogP contribution in [0.3, 0.4) is 0 Å². The van der Waals surface area contributed by atoms with Gasteiger partial charge in [-0.25, -0.2) is 0 Å². The molecular weight excluding hydrogens is 292 g/mol. The van der Waals surface area contributed by atoms with E-state index >= 15 is 0 Å². The van der Waals surface area contributed by atoms with Crippen molar-refractivity contribution in [2.24, 2.45) is 0 Å². The summed E-state index contributed by atoms with van der Waals surface area (Å²) >= 11 is 1.29. The molecular formula is C14H18N2O4S. The second-order valence-electron chi connectivity index (χ2n) is 4.49. The first-order valence-corrected chi connectivity index (χ1v) is 7.19. The van der Waals surface area contributed by atoms with E-state index in [-0.39, 0.29) is 19.1 Å². The van der Waals surface area contributed by atoms with E-state index in [2.05, 4.69) is 5.32 Å². The van der Waals surface area contributed by atoms with Crippen molar-refractivity contribution in [3.63, 3.8) is 0 Å². The van der Waals surface area contributed by atoms with Crippen LogP contribution >= 0.6 is 11.3 Å². The van der Waals surface area contributed by atoms with Crippen molar-refractivity contribution in [2.75, 3.05) is 33.2 Å². The Morgan fingerprint density at radius 2 is 2.24 bits per heavy atom. The molecule has 0 aliphatic heterocycles. The van der Waals surface area contributed by atoms with Crippen molar-refractivity contribution in [1.29, 1.82) is 0 Å². The van der Waals surface area contributed by atoms with Crippen LogP contribution in [0, 0.1) is 0 Å². The minimum Gasteiger partial charge on any atom is -0.496 e. The quantitative estimate of drug-likeness (QED) is 0.746. The minimum absolute atomic E-state index is 0.201. The fraction of sp³-hybridized carbons (Fsp3) is 0.357. The normalized spacial score (nSPS) is 12.3. The van der Waals surface area contributed by atoms with Gasteiger partial charge in [0.25, 0.3) is 5.91 Å². The number of rotatable bonds is 6. The van der Waals surface area contributed by atoms with Crippen molar-refractivity contribution in [2.45, 2.75) is 6.04 Å². The van der Waals surface area contributed by atoms with Crippen LogP contribution in [0.15, 0.2) is 18.2 Å². The Kier molecular flexibility index (Phi) is 5.00. The number of benzene rings is 1. The van der Waals surface area contributed by atoms with Gasteiger partial charge in [0.1, 0.15) is 10.6 Å². The Morgan fingerprint density at radius 1 is 1.48 bits per heavy atom. The third-order valence-corrected chi connectivity index (χ3v) is 4.23. The maximum atomic E-state index is 12.3. The highest BCUT2D eigenvalue weighted by molar-refractivity contribution is 7.21. The van der Waals surface area contributed by atoms with Gasteiger partial charge in [-0.15, -0.1) is 11.3 Å². The second-order valence-corrected chi connectivity index (χ2v) is 5.54. The smallest absolute Gasteiger partial charge is 0.263 e. The lowest BCUT2D eigenvalue weighted by molar-refractivity contribution is 0.0844. The minimum atomic E-state index is -0.464. The van der Waals surface area contributed by atoms with Crippen molar-refractivity contribution >= 4 is 33.0 Å². The zero-order valence-corrected chi connectivity index (χ0v) is 12.7. The summed E-state index contributed by atoms with van der Waals surface area (Å²) < 4.78 is 11.1. The summed E-state index contributed by atoms with van der Waals surface area (Å²) in [6.07, 6.45) is 0. The van der Waals surface area contributed by atoms with Gasteiger partial charge in [-0.1, -0.05) is 6.07 Å². The number of anilines is 1. The van der Waals surface area contributed by atoms with Gasteiger partial charge in [0.05, 0.1) is 37.4 Å². The van der Waals surface area contributed by atoms with Crippen LogP contribution in [-0.4, -0.2) is 44.5 Å². The average molecular weight is 310 g/mol. The molecule has 4 N–H and O–H groups in total.